The Morgan fingerprint density at radius 2 is 1.82 bits per heavy atom. The number of ether oxygens (including phenoxy) is 1. The first kappa shape index (κ1) is 21.7. The van der Waals surface area contributed by atoms with E-state index < -0.39 is 10.8 Å². The number of nitrogens with zero attached hydrogens (tertiary/aromatic N) is 3. The number of methoxy groups -OCH3 is 1. The van der Waals surface area contributed by atoms with Gasteiger partial charge in [0.15, 0.2) is 0 Å². The second kappa shape index (κ2) is 8.35. The largest absolute Gasteiger partial charge is 0.495 e. The number of nitrogens with one attached hydrogen (secondary N) is 1. The molecule has 0 unspecified atom stereocenters. The van der Waals surface area contributed by atoms with Crippen LogP contribution in [0.3, 0.4) is 0 Å². The first-order valence-corrected chi connectivity index (χ1v) is 11.7. The lowest BCUT2D eigenvalue weighted by molar-refractivity contribution is -0.385. The van der Waals surface area contributed by atoms with E-state index in [9.17, 15) is 14.9 Å². The Morgan fingerprint density at radius 3 is 2.53 bits per heavy atom. The molecule has 3 aromatic carbocycles. The van der Waals surface area contributed by atoms with Gasteiger partial charge in [-0.2, -0.15) is 0 Å². The molecule has 1 amide bonds. The van der Waals surface area contributed by atoms with Gasteiger partial charge in [0.05, 0.1) is 45.2 Å². The number of fused-ring (bicyclic) bond motifs is 5. The average Bonchev–Trinajstić information content (AvgIpc) is 3.18. The van der Waals surface area contributed by atoms with Crippen molar-refractivity contribution >= 4 is 56.4 Å². The lowest BCUT2D eigenvalue weighted by Crippen LogP contribution is -2.14. The Hall–Kier alpha value is -4.11. The maximum atomic E-state index is 13.5. The molecule has 5 aromatic rings. The Morgan fingerprint density at radius 1 is 1.12 bits per heavy atom. The number of hydrogen-bond acceptors (Lipinski definition) is 6. The van der Waals surface area contributed by atoms with Gasteiger partial charge in [-0.15, -0.1) is 11.8 Å². The molecule has 0 aliphatic rings. The number of thioether (sulfide) groups is 1. The van der Waals surface area contributed by atoms with Crippen LogP contribution in [0.2, 0.25) is 0 Å². The molecule has 34 heavy (non-hydrogen) atoms. The molecule has 0 saturated carbocycles. The SMILES string of the molecule is COc1cc([N+](=O)[O-])c(C(=O)Nc2c3ccccc3n3c(C)nc4ccccc4c23)cc1SC. The van der Waals surface area contributed by atoms with E-state index >= 15 is 0 Å². The molecule has 0 atom stereocenters. The van der Waals surface area contributed by atoms with Crippen molar-refractivity contribution in [3.05, 3.63) is 82.2 Å². The third kappa shape index (κ3) is 3.32. The smallest absolute Gasteiger partial charge is 0.285 e. The van der Waals surface area contributed by atoms with Gasteiger partial charge in [-0.1, -0.05) is 36.4 Å². The number of hydrogen-bond donors (Lipinski definition) is 1. The highest BCUT2D eigenvalue weighted by Crippen LogP contribution is 2.38. The van der Waals surface area contributed by atoms with Crippen LogP contribution in [0, 0.1) is 17.0 Å². The molecule has 0 aliphatic carbocycles. The first-order chi connectivity index (χ1) is 16.4. The number of amides is 1. The first-order valence-electron chi connectivity index (χ1n) is 10.4. The normalized spacial score (nSPS) is 11.3. The van der Waals surface area contributed by atoms with Gasteiger partial charge in [0, 0.05) is 10.8 Å². The maximum absolute atomic E-state index is 13.5. The van der Waals surface area contributed by atoms with Crippen molar-refractivity contribution in [2.24, 2.45) is 0 Å². The number of nitro groups is 1. The topological polar surface area (TPSA) is 98.8 Å². The molecular weight excluding hydrogens is 452 g/mol. The number of benzene rings is 3. The number of rotatable bonds is 5. The number of aryl methyl sites for hydroxylation is 1. The van der Waals surface area contributed by atoms with Crippen molar-refractivity contribution in [2.75, 3.05) is 18.7 Å². The van der Waals surface area contributed by atoms with Crippen LogP contribution in [0.5, 0.6) is 5.75 Å². The predicted molar refractivity (Wildman–Crippen MR) is 134 cm³/mol. The van der Waals surface area contributed by atoms with Crippen molar-refractivity contribution in [2.45, 2.75) is 11.8 Å². The molecule has 0 saturated heterocycles. The molecule has 0 aliphatic heterocycles. The zero-order valence-corrected chi connectivity index (χ0v) is 19.5. The molecule has 0 fully saturated rings. The Bertz CT molecular complexity index is 1630. The van der Waals surface area contributed by atoms with Gasteiger partial charge in [0.2, 0.25) is 0 Å². The second-order valence-electron chi connectivity index (χ2n) is 7.69. The van der Waals surface area contributed by atoms with E-state index in [1.165, 1.54) is 31.0 Å². The number of carbonyl (C=O) groups excluding carboxylic acids is 1. The average molecular weight is 473 g/mol. The van der Waals surface area contributed by atoms with Gasteiger partial charge in [-0.25, -0.2) is 4.98 Å². The molecule has 2 heterocycles. The minimum Gasteiger partial charge on any atom is -0.495 e. The number of para-hydroxylation sites is 2. The van der Waals surface area contributed by atoms with E-state index in [1.807, 2.05) is 66.1 Å². The van der Waals surface area contributed by atoms with Crippen molar-refractivity contribution < 1.29 is 14.5 Å². The highest BCUT2D eigenvalue weighted by atomic mass is 32.2. The van der Waals surface area contributed by atoms with E-state index in [4.69, 9.17) is 9.72 Å². The summed E-state index contributed by atoms with van der Waals surface area (Å²) in [7, 11) is 1.44. The number of aromatic nitrogens is 2. The van der Waals surface area contributed by atoms with E-state index in [2.05, 4.69) is 5.32 Å². The molecule has 9 heteroatoms. The zero-order chi connectivity index (χ0) is 24.0. The minimum atomic E-state index is -0.568. The fourth-order valence-electron chi connectivity index (χ4n) is 4.34. The highest BCUT2D eigenvalue weighted by Gasteiger charge is 2.26. The Labute approximate surface area is 198 Å². The summed E-state index contributed by atoms with van der Waals surface area (Å²) >= 11 is 1.35. The van der Waals surface area contributed by atoms with Crippen molar-refractivity contribution in [1.82, 2.24) is 9.38 Å². The van der Waals surface area contributed by atoms with Crippen LogP contribution in [0.4, 0.5) is 11.4 Å². The molecule has 8 nitrogen and oxygen atoms in total. The molecule has 170 valence electrons. The summed E-state index contributed by atoms with van der Waals surface area (Å²) in [5, 5.41) is 16.5. The van der Waals surface area contributed by atoms with Crippen LogP contribution < -0.4 is 10.1 Å². The summed E-state index contributed by atoms with van der Waals surface area (Å²) in [4.78, 5) is 30.1. The summed E-state index contributed by atoms with van der Waals surface area (Å²) in [5.41, 5.74) is 2.71. The van der Waals surface area contributed by atoms with E-state index in [1.54, 1.807) is 0 Å². The lowest BCUT2D eigenvalue weighted by Gasteiger charge is -2.11. The van der Waals surface area contributed by atoms with Gasteiger partial charge < -0.3 is 10.1 Å². The Balaban J connectivity index is 1.77. The standard InChI is InChI=1S/C25H20N4O4S/c1-14-26-18-10-6-4-8-15(18)24-23(16-9-5-7-11-19(16)28(14)24)27-25(30)17-12-22(34-3)21(33-2)13-20(17)29(31)32/h4-13H,1-3H3,(H,27,30). The lowest BCUT2D eigenvalue weighted by atomic mass is 10.1. The fourth-order valence-corrected chi connectivity index (χ4v) is 4.91. The number of nitro benzene ring substituents is 1. The van der Waals surface area contributed by atoms with Crippen molar-refractivity contribution in [1.29, 1.82) is 0 Å². The van der Waals surface area contributed by atoms with Crippen LogP contribution in [0.15, 0.2) is 65.6 Å². The van der Waals surface area contributed by atoms with Crippen molar-refractivity contribution in [3.63, 3.8) is 0 Å². The van der Waals surface area contributed by atoms with E-state index in [-0.39, 0.29) is 11.3 Å². The van der Waals surface area contributed by atoms with Gasteiger partial charge in [0.1, 0.15) is 17.1 Å². The summed E-state index contributed by atoms with van der Waals surface area (Å²) in [6.45, 7) is 1.91. The maximum Gasteiger partial charge on any atom is 0.285 e. The third-order valence-electron chi connectivity index (χ3n) is 5.82. The van der Waals surface area contributed by atoms with Crippen LogP contribution in [-0.2, 0) is 0 Å². The zero-order valence-electron chi connectivity index (χ0n) is 18.7. The monoisotopic (exact) mass is 472 g/mol. The predicted octanol–water partition coefficient (Wildman–Crippen LogP) is 5.84. The van der Waals surface area contributed by atoms with E-state index in [0.717, 1.165) is 33.1 Å². The number of carbonyl (C=O) groups is 1. The van der Waals surface area contributed by atoms with E-state index in [0.29, 0.717) is 16.3 Å². The quantitative estimate of drug-likeness (QED) is 0.196. The van der Waals surface area contributed by atoms with Gasteiger partial charge >= 0.3 is 0 Å². The molecule has 2 aromatic heterocycles. The van der Waals surface area contributed by atoms with Crippen LogP contribution in [0.1, 0.15) is 16.2 Å². The molecule has 1 N–H and O–H groups in total. The Kier molecular flexibility index (Phi) is 5.33. The van der Waals surface area contributed by atoms with Gasteiger partial charge in [0.25, 0.3) is 11.6 Å². The summed E-state index contributed by atoms with van der Waals surface area (Å²) < 4.78 is 7.28. The molecule has 5 rings (SSSR count). The highest BCUT2D eigenvalue weighted by molar-refractivity contribution is 7.98. The third-order valence-corrected chi connectivity index (χ3v) is 6.58. The second-order valence-corrected chi connectivity index (χ2v) is 8.54. The number of anilines is 1. The summed E-state index contributed by atoms with van der Waals surface area (Å²) in [5.74, 6) is 0.551. The molecule has 0 radical (unpaired) electrons. The molecule has 0 spiro atoms. The summed E-state index contributed by atoms with van der Waals surface area (Å²) in [6, 6.07) is 18.2. The van der Waals surface area contributed by atoms with Gasteiger partial charge in [-0.3, -0.25) is 19.3 Å². The molecular formula is C25H20N4O4S. The molecule has 0 bridgehead atoms. The van der Waals surface area contributed by atoms with Gasteiger partial charge in [-0.05, 0) is 31.4 Å². The van der Waals surface area contributed by atoms with Crippen LogP contribution in [-0.4, -0.2) is 33.6 Å². The minimum absolute atomic E-state index is 0.0336. The van der Waals surface area contributed by atoms with Crippen LogP contribution in [0.25, 0.3) is 27.3 Å². The van der Waals surface area contributed by atoms with Crippen LogP contribution >= 0.6 is 11.8 Å². The summed E-state index contributed by atoms with van der Waals surface area (Å²) in [6.07, 6.45) is 1.82. The van der Waals surface area contributed by atoms with Crippen molar-refractivity contribution in [3.8, 4) is 5.75 Å². The fraction of sp³-hybridized carbons (Fsp3) is 0.120.